The number of H-pyrrole nitrogens is 1. The fourth-order valence-corrected chi connectivity index (χ4v) is 2.72. The van der Waals surface area contributed by atoms with E-state index in [1.165, 1.54) is 6.07 Å². The molecular weight excluding hydrogens is 273 g/mol. The minimum absolute atomic E-state index is 0.118. The van der Waals surface area contributed by atoms with Crippen molar-refractivity contribution in [2.75, 3.05) is 13.1 Å². The van der Waals surface area contributed by atoms with E-state index in [1.54, 1.807) is 24.0 Å². The van der Waals surface area contributed by atoms with Crippen LogP contribution in [0, 0.1) is 12.7 Å². The first kappa shape index (κ1) is 13.7. The van der Waals surface area contributed by atoms with Crippen LogP contribution in [0.2, 0.25) is 0 Å². The van der Waals surface area contributed by atoms with Gasteiger partial charge in [0.05, 0.1) is 11.0 Å². The quantitative estimate of drug-likeness (QED) is 0.908. The number of nitrogens with one attached hydrogen (secondary N) is 1. The summed E-state index contributed by atoms with van der Waals surface area (Å²) in [4.78, 5) is 14.1. The van der Waals surface area contributed by atoms with Crippen LogP contribution in [0.3, 0.4) is 0 Å². The molecular formula is C14H16FN5O. The van der Waals surface area contributed by atoms with Crippen molar-refractivity contribution in [1.29, 1.82) is 0 Å². The Bertz CT molecular complexity index is 672. The lowest BCUT2D eigenvalue weighted by Crippen LogP contribution is -2.34. The maximum atomic E-state index is 14.1. The van der Waals surface area contributed by atoms with Crippen molar-refractivity contribution in [3.63, 3.8) is 0 Å². The molecule has 0 aliphatic carbocycles. The molecule has 6 nitrogen and oxygen atoms in total. The van der Waals surface area contributed by atoms with Crippen molar-refractivity contribution >= 4 is 5.91 Å². The fourth-order valence-electron chi connectivity index (χ4n) is 2.72. The second-order valence-corrected chi connectivity index (χ2v) is 5.71. The summed E-state index contributed by atoms with van der Waals surface area (Å²) in [6, 6.07) is 4.87. The molecule has 0 bridgehead atoms. The third kappa shape index (κ3) is 2.28. The van der Waals surface area contributed by atoms with Gasteiger partial charge in [-0.05, 0) is 25.0 Å². The largest absolute Gasteiger partial charge is 0.338 e. The Hall–Kier alpha value is -2.31. The number of hydrogen-bond donors (Lipinski definition) is 1. The zero-order valence-electron chi connectivity index (χ0n) is 11.9. The highest BCUT2D eigenvalue weighted by molar-refractivity contribution is 5.95. The van der Waals surface area contributed by atoms with Crippen LogP contribution in [0.1, 0.15) is 35.1 Å². The van der Waals surface area contributed by atoms with E-state index < -0.39 is 5.82 Å². The lowest BCUT2D eigenvalue weighted by molar-refractivity contribution is 0.0779. The second kappa shape index (κ2) is 4.91. The lowest BCUT2D eigenvalue weighted by Gasteiger charge is -2.21. The van der Waals surface area contributed by atoms with Crippen LogP contribution in [0.4, 0.5) is 4.39 Å². The van der Waals surface area contributed by atoms with Crippen molar-refractivity contribution in [2.24, 2.45) is 0 Å². The smallest absolute Gasteiger partial charge is 0.256 e. The first-order chi connectivity index (χ1) is 10.0. The van der Waals surface area contributed by atoms with Crippen molar-refractivity contribution in [2.45, 2.75) is 25.7 Å². The molecule has 1 saturated heterocycles. The summed E-state index contributed by atoms with van der Waals surface area (Å²) < 4.78 is 14.1. The average molecular weight is 289 g/mol. The third-order valence-electron chi connectivity index (χ3n) is 4.07. The minimum Gasteiger partial charge on any atom is -0.338 e. The molecule has 0 saturated carbocycles. The molecule has 1 aliphatic heterocycles. The van der Waals surface area contributed by atoms with Gasteiger partial charge in [-0.25, -0.2) is 4.39 Å². The molecule has 1 unspecified atom stereocenters. The number of carbonyl (C=O) groups is 1. The minimum atomic E-state index is -0.448. The highest BCUT2D eigenvalue weighted by Gasteiger charge is 2.41. The topological polar surface area (TPSA) is 74.8 Å². The number of likely N-dealkylation sites (tertiary alicyclic amines) is 1. The Balaban J connectivity index is 1.83. The molecule has 1 aromatic heterocycles. The SMILES string of the molecule is Cc1cccc(C(=O)N2CCC(C)(c3nn[nH]n3)C2)c1F. The Morgan fingerprint density at radius 2 is 2.29 bits per heavy atom. The Labute approximate surface area is 121 Å². The summed E-state index contributed by atoms with van der Waals surface area (Å²) in [6.45, 7) is 4.65. The van der Waals surface area contributed by atoms with Crippen molar-refractivity contribution in [3.05, 3.63) is 41.0 Å². The zero-order valence-corrected chi connectivity index (χ0v) is 11.9. The van der Waals surface area contributed by atoms with Gasteiger partial charge in [-0.2, -0.15) is 5.21 Å². The molecule has 0 spiro atoms. The summed E-state index contributed by atoms with van der Waals surface area (Å²) >= 11 is 0. The maximum absolute atomic E-state index is 14.1. The number of benzene rings is 1. The van der Waals surface area contributed by atoms with Gasteiger partial charge in [-0.3, -0.25) is 4.79 Å². The standard InChI is InChI=1S/C14H16FN5O/c1-9-4-3-5-10(11(9)15)12(21)20-7-6-14(2,8-20)13-16-18-19-17-13/h3-5H,6-8H2,1-2H3,(H,16,17,18,19). The van der Waals surface area contributed by atoms with E-state index in [1.807, 2.05) is 6.92 Å². The summed E-state index contributed by atoms with van der Waals surface area (Å²) in [5, 5.41) is 14.0. The van der Waals surface area contributed by atoms with E-state index in [2.05, 4.69) is 20.6 Å². The molecule has 7 heteroatoms. The third-order valence-corrected chi connectivity index (χ3v) is 4.07. The lowest BCUT2D eigenvalue weighted by atomic mass is 9.89. The first-order valence-electron chi connectivity index (χ1n) is 6.79. The Kier molecular flexibility index (Phi) is 3.19. The van der Waals surface area contributed by atoms with Gasteiger partial charge >= 0.3 is 0 Å². The van der Waals surface area contributed by atoms with Crippen LogP contribution < -0.4 is 0 Å². The highest BCUT2D eigenvalue weighted by Crippen LogP contribution is 2.32. The van der Waals surface area contributed by atoms with Gasteiger partial charge in [-0.1, -0.05) is 24.3 Å². The van der Waals surface area contributed by atoms with Gasteiger partial charge in [-0.15, -0.1) is 10.2 Å². The predicted molar refractivity (Wildman–Crippen MR) is 73.2 cm³/mol. The van der Waals surface area contributed by atoms with Crippen molar-refractivity contribution < 1.29 is 9.18 Å². The highest BCUT2D eigenvalue weighted by atomic mass is 19.1. The van der Waals surface area contributed by atoms with Crippen LogP contribution in [0.25, 0.3) is 0 Å². The van der Waals surface area contributed by atoms with Gasteiger partial charge in [0.1, 0.15) is 5.82 Å². The van der Waals surface area contributed by atoms with Gasteiger partial charge < -0.3 is 4.90 Å². The number of rotatable bonds is 2. The molecule has 2 aromatic rings. The predicted octanol–water partition coefficient (Wildman–Crippen LogP) is 1.45. The summed E-state index contributed by atoms with van der Waals surface area (Å²) in [7, 11) is 0. The van der Waals surface area contributed by atoms with Crippen molar-refractivity contribution in [3.8, 4) is 0 Å². The van der Waals surface area contributed by atoms with E-state index in [0.717, 1.165) is 6.42 Å². The van der Waals surface area contributed by atoms with E-state index >= 15 is 0 Å². The number of hydrogen-bond acceptors (Lipinski definition) is 4. The Morgan fingerprint density at radius 3 is 3.00 bits per heavy atom. The van der Waals surface area contributed by atoms with Crippen LogP contribution in [-0.4, -0.2) is 44.5 Å². The normalized spacial score (nSPS) is 21.8. The average Bonchev–Trinajstić information content (AvgIpc) is 3.11. The molecule has 1 fully saturated rings. The van der Waals surface area contributed by atoms with Crippen molar-refractivity contribution in [1.82, 2.24) is 25.5 Å². The monoisotopic (exact) mass is 289 g/mol. The van der Waals surface area contributed by atoms with Crippen LogP contribution >= 0.6 is 0 Å². The van der Waals surface area contributed by atoms with Gasteiger partial charge in [0.2, 0.25) is 0 Å². The maximum Gasteiger partial charge on any atom is 0.256 e. The number of aromatic nitrogens is 4. The summed E-state index contributed by atoms with van der Waals surface area (Å²) in [5.41, 5.74) is 0.247. The van der Waals surface area contributed by atoms with E-state index in [9.17, 15) is 9.18 Å². The van der Waals surface area contributed by atoms with E-state index in [4.69, 9.17) is 0 Å². The van der Waals surface area contributed by atoms with E-state index in [-0.39, 0.29) is 16.9 Å². The van der Waals surface area contributed by atoms with E-state index in [0.29, 0.717) is 24.5 Å². The number of amides is 1. The number of aryl methyl sites for hydroxylation is 1. The molecule has 110 valence electrons. The van der Waals surface area contributed by atoms with Gasteiger partial charge in [0.15, 0.2) is 5.82 Å². The molecule has 1 aromatic carbocycles. The van der Waals surface area contributed by atoms with Crippen LogP contribution in [-0.2, 0) is 5.41 Å². The number of halogens is 1. The second-order valence-electron chi connectivity index (χ2n) is 5.71. The number of carbonyl (C=O) groups excluding carboxylic acids is 1. The molecule has 2 heterocycles. The summed E-state index contributed by atoms with van der Waals surface area (Å²) in [5.74, 6) is -0.151. The van der Waals surface area contributed by atoms with Crippen LogP contribution in [0.15, 0.2) is 18.2 Å². The molecule has 1 atom stereocenters. The number of tetrazole rings is 1. The molecule has 21 heavy (non-hydrogen) atoms. The summed E-state index contributed by atoms with van der Waals surface area (Å²) in [6.07, 6.45) is 0.728. The molecule has 3 rings (SSSR count). The van der Waals surface area contributed by atoms with Crippen LogP contribution in [0.5, 0.6) is 0 Å². The molecule has 0 radical (unpaired) electrons. The Morgan fingerprint density at radius 1 is 1.48 bits per heavy atom. The molecule has 1 aliphatic rings. The number of aromatic amines is 1. The van der Waals surface area contributed by atoms with Gasteiger partial charge in [0.25, 0.3) is 5.91 Å². The first-order valence-corrected chi connectivity index (χ1v) is 6.79. The van der Waals surface area contributed by atoms with Gasteiger partial charge in [0, 0.05) is 13.1 Å². The molecule has 1 amide bonds. The number of nitrogens with zero attached hydrogens (tertiary/aromatic N) is 4. The fraction of sp³-hybridized carbons (Fsp3) is 0.429. The zero-order chi connectivity index (χ0) is 15.0. The molecule has 1 N–H and O–H groups in total.